The van der Waals surface area contributed by atoms with Crippen LogP contribution in [0.2, 0.25) is 0 Å². The van der Waals surface area contributed by atoms with E-state index in [4.69, 9.17) is 9.72 Å². The molecule has 0 spiro atoms. The van der Waals surface area contributed by atoms with Gasteiger partial charge in [-0.1, -0.05) is 35.5 Å². The molecule has 0 radical (unpaired) electrons. The summed E-state index contributed by atoms with van der Waals surface area (Å²) in [4.78, 5) is 17.8. The number of carbonyl (C=O) groups excluding carboxylic acids is 1. The molecule has 3 aromatic heterocycles. The van der Waals surface area contributed by atoms with Crippen molar-refractivity contribution >= 4 is 16.8 Å². The van der Waals surface area contributed by atoms with Crippen LogP contribution in [0.4, 0.5) is 0 Å². The Kier molecular flexibility index (Phi) is 5.64. The monoisotopic (exact) mass is 431 g/mol. The van der Waals surface area contributed by atoms with Crippen LogP contribution in [0.5, 0.6) is 0 Å². The number of nitrogens with zero attached hydrogens (tertiary/aromatic N) is 6. The number of amides is 1. The van der Waals surface area contributed by atoms with Gasteiger partial charge in [0.25, 0.3) is 0 Å². The fraction of sp³-hybridized carbons (Fsp3) is 0.348. The van der Waals surface area contributed by atoms with Gasteiger partial charge in [0.05, 0.1) is 47.8 Å². The first kappa shape index (κ1) is 20.3. The van der Waals surface area contributed by atoms with Crippen molar-refractivity contribution in [2.24, 2.45) is 0 Å². The number of carbonyl (C=O) groups is 1. The van der Waals surface area contributed by atoms with E-state index in [0.29, 0.717) is 25.3 Å². The summed E-state index contributed by atoms with van der Waals surface area (Å²) < 4.78 is 8.94. The molecule has 1 amide bonds. The van der Waals surface area contributed by atoms with Gasteiger partial charge < -0.3 is 10.1 Å². The van der Waals surface area contributed by atoms with Crippen molar-refractivity contribution in [2.75, 3.05) is 13.7 Å². The van der Waals surface area contributed by atoms with Crippen LogP contribution in [0.1, 0.15) is 35.1 Å². The molecule has 4 heterocycles. The average Bonchev–Trinajstić information content (AvgIpc) is 3.40. The maximum absolute atomic E-state index is 12.9. The van der Waals surface area contributed by atoms with Gasteiger partial charge in [0.1, 0.15) is 0 Å². The van der Waals surface area contributed by atoms with Gasteiger partial charge in [-0.25, -0.2) is 4.68 Å². The van der Waals surface area contributed by atoms with Crippen molar-refractivity contribution in [3.63, 3.8) is 0 Å². The Morgan fingerprint density at radius 3 is 2.94 bits per heavy atom. The zero-order chi connectivity index (χ0) is 21.9. The number of hydrogen-bond donors (Lipinski definition) is 1. The molecule has 5 rings (SSSR count). The number of aryl methyl sites for hydroxylation is 1. The summed E-state index contributed by atoms with van der Waals surface area (Å²) in [7, 11) is 1.69. The quantitative estimate of drug-likeness (QED) is 0.486. The summed E-state index contributed by atoms with van der Waals surface area (Å²) in [5, 5.41) is 17.3. The standard InChI is InChI=1S/C23H25N7O2/c1-32-9-5-8-30-23-17(13-24-30)10-18-12-22(31)26-20(16-6-3-2-4-7-16)11-19-14-29(28-27-19)15-21(23)25-18/h2-4,6-7,10,13-14,20H,5,8-9,11-12,15H2,1H3,(H,26,31). The van der Waals surface area contributed by atoms with Gasteiger partial charge in [-0.05, 0) is 18.1 Å². The lowest BCUT2D eigenvalue weighted by Gasteiger charge is -2.19. The number of rotatable bonds is 5. The molecule has 1 aliphatic rings. The number of aromatic nitrogens is 6. The van der Waals surface area contributed by atoms with Crippen molar-refractivity contribution < 1.29 is 9.53 Å². The maximum Gasteiger partial charge on any atom is 0.226 e. The second-order valence-corrected chi connectivity index (χ2v) is 8.03. The zero-order valence-electron chi connectivity index (χ0n) is 17.9. The minimum atomic E-state index is -0.181. The third-order valence-corrected chi connectivity index (χ3v) is 5.65. The molecule has 0 fully saturated rings. The zero-order valence-corrected chi connectivity index (χ0v) is 17.9. The highest BCUT2D eigenvalue weighted by Gasteiger charge is 2.21. The molecule has 4 bridgehead atoms. The van der Waals surface area contributed by atoms with Crippen LogP contribution in [-0.4, -0.2) is 49.4 Å². The van der Waals surface area contributed by atoms with Crippen LogP contribution in [0.25, 0.3) is 10.9 Å². The summed E-state index contributed by atoms with van der Waals surface area (Å²) in [5.41, 5.74) is 4.36. The first-order chi connectivity index (χ1) is 15.7. The third-order valence-electron chi connectivity index (χ3n) is 5.65. The molecule has 164 valence electrons. The normalized spacial score (nSPS) is 16.4. The number of benzene rings is 1. The molecule has 1 unspecified atom stereocenters. The van der Waals surface area contributed by atoms with Gasteiger partial charge in [0.15, 0.2) is 0 Å². The summed E-state index contributed by atoms with van der Waals surface area (Å²) in [6.45, 7) is 1.86. The minimum absolute atomic E-state index is 0.0721. The second kappa shape index (κ2) is 8.88. The summed E-state index contributed by atoms with van der Waals surface area (Å²) in [5.74, 6) is -0.0721. The predicted molar refractivity (Wildman–Crippen MR) is 118 cm³/mol. The molecule has 0 saturated carbocycles. The number of hydrogen-bond acceptors (Lipinski definition) is 6. The Labute approximate surface area is 185 Å². The van der Waals surface area contributed by atoms with Crippen LogP contribution in [-0.2, 0) is 35.5 Å². The van der Waals surface area contributed by atoms with Gasteiger partial charge in [-0.15, -0.1) is 5.10 Å². The molecular formula is C23H25N7O2. The van der Waals surface area contributed by atoms with Crippen molar-refractivity contribution in [1.82, 2.24) is 35.1 Å². The van der Waals surface area contributed by atoms with Crippen LogP contribution in [0, 0.1) is 0 Å². The Hall–Kier alpha value is -3.59. The van der Waals surface area contributed by atoms with E-state index < -0.39 is 0 Å². The van der Waals surface area contributed by atoms with Crippen LogP contribution in [0.15, 0.2) is 48.8 Å². The molecule has 0 aliphatic carbocycles. The fourth-order valence-corrected chi connectivity index (χ4v) is 4.21. The van der Waals surface area contributed by atoms with E-state index in [9.17, 15) is 4.79 Å². The number of nitrogens with one attached hydrogen (secondary N) is 1. The van der Waals surface area contributed by atoms with Crippen LogP contribution < -0.4 is 5.32 Å². The summed E-state index contributed by atoms with van der Waals surface area (Å²) in [6, 6.07) is 11.7. The van der Waals surface area contributed by atoms with Crippen LogP contribution in [0.3, 0.4) is 0 Å². The topological polar surface area (TPSA) is 99.8 Å². The van der Waals surface area contributed by atoms with E-state index in [-0.39, 0.29) is 18.4 Å². The lowest BCUT2D eigenvalue weighted by molar-refractivity contribution is -0.121. The fourth-order valence-electron chi connectivity index (χ4n) is 4.21. The highest BCUT2D eigenvalue weighted by atomic mass is 16.5. The van der Waals surface area contributed by atoms with Crippen molar-refractivity contribution in [2.45, 2.75) is 38.4 Å². The van der Waals surface area contributed by atoms with Crippen molar-refractivity contribution in [3.8, 4) is 0 Å². The van der Waals surface area contributed by atoms with Crippen molar-refractivity contribution in [1.29, 1.82) is 0 Å². The Morgan fingerprint density at radius 1 is 1.22 bits per heavy atom. The van der Waals surface area contributed by atoms with E-state index in [1.807, 2.05) is 53.5 Å². The number of pyridine rings is 1. The molecule has 4 aromatic rings. The SMILES string of the molecule is COCCCn1ncc2cc3nc(c21)Cn1cc(nn1)CC(c1ccccc1)NC(=O)C3. The molecular weight excluding hydrogens is 406 g/mol. The van der Waals surface area contributed by atoms with Gasteiger partial charge in [0.2, 0.25) is 5.91 Å². The van der Waals surface area contributed by atoms with Gasteiger partial charge in [0, 0.05) is 38.3 Å². The summed E-state index contributed by atoms with van der Waals surface area (Å²) >= 11 is 0. The van der Waals surface area contributed by atoms with Crippen LogP contribution >= 0.6 is 0 Å². The Bertz CT molecular complexity index is 1230. The maximum atomic E-state index is 12.9. The number of methoxy groups -OCH3 is 1. The minimum Gasteiger partial charge on any atom is -0.385 e. The van der Waals surface area contributed by atoms with Gasteiger partial charge in [-0.3, -0.25) is 14.5 Å². The first-order valence-electron chi connectivity index (χ1n) is 10.8. The molecule has 1 N–H and O–H groups in total. The third kappa shape index (κ3) is 4.24. The van der Waals surface area contributed by atoms with E-state index in [2.05, 4.69) is 20.7 Å². The lowest BCUT2D eigenvalue weighted by atomic mass is 10.0. The van der Waals surface area contributed by atoms with E-state index >= 15 is 0 Å². The number of ether oxygens (including phenoxy) is 1. The van der Waals surface area contributed by atoms with E-state index in [0.717, 1.165) is 40.8 Å². The number of fused-ring (bicyclic) bond motifs is 6. The predicted octanol–water partition coefficient (Wildman–Crippen LogP) is 2.06. The Morgan fingerprint density at radius 2 is 2.09 bits per heavy atom. The van der Waals surface area contributed by atoms with Crippen molar-refractivity contribution in [3.05, 3.63) is 71.4 Å². The molecule has 32 heavy (non-hydrogen) atoms. The highest BCUT2D eigenvalue weighted by molar-refractivity contribution is 5.84. The molecule has 1 aromatic carbocycles. The van der Waals surface area contributed by atoms with Gasteiger partial charge in [-0.2, -0.15) is 5.10 Å². The molecule has 0 saturated heterocycles. The smallest absolute Gasteiger partial charge is 0.226 e. The summed E-state index contributed by atoms with van der Waals surface area (Å²) in [6.07, 6.45) is 5.39. The molecule has 9 nitrogen and oxygen atoms in total. The second-order valence-electron chi connectivity index (χ2n) is 8.03. The average molecular weight is 432 g/mol. The van der Waals surface area contributed by atoms with Gasteiger partial charge >= 0.3 is 0 Å². The largest absolute Gasteiger partial charge is 0.385 e. The lowest BCUT2D eigenvalue weighted by Crippen LogP contribution is -2.31. The molecule has 9 heteroatoms. The molecule has 1 atom stereocenters. The van der Waals surface area contributed by atoms with E-state index in [1.165, 1.54) is 0 Å². The Balaban J connectivity index is 1.53. The first-order valence-corrected chi connectivity index (χ1v) is 10.8. The highest BCUT2D eigenvalue weighted by Crippen LogP contribution is 2.23. The van der Waals surface area contributed by atoms with E-state index in [1.54, 1.807) is 11.8 Å². The molecule has 1 aliphatic heterocycles.